The molecule has 1 aliphatic heterocycles. The number of carbonyl (C=O) groups is 3. The van der Waals surface area contributed by atoms with Gasteiger partial charge in [-0.15, -0.1) is 0 Å². The summed E-state index contributed by atoms with van der Waals surface area (Å²) in [6.07, 6.45) is 5.57. The Labute approximate surface area is 249 Å². The van der Waals surface area contributed by atoms with E-state index in [-0.39, 0.29) is 24.2 Å². The highest BCUT2D eigenvalue weighted by Gasteiger charge is 2.63. The van der Waals surface area contributed by atoms with E-state index in [2.05, 4.69) is 28.1 Å². The van der Waals surface area contributed by atoms with E-state index in [0.717, 1.165) is 26.9 Å². The van der Waals surface area contributed by atoms with Gasteiger partial charge in [-0.25, -0.2) is 4.79 Å². The second-order valence-corrected chi connectivity index (χ2v) is 11.5. The maximum Gasteiger partial charge on any atom is 0.330 e. The van der Waals surface area contributed by atoms with Gasteiger partial charge in [-0.1, -0.05) is 70.5 Å². The zero-order valence-electron chi connectivity index (χ0n) is 23.3. The number of ether oxygens (including phenoxy) is 2. The minimum Gasteiger partial charge on any atom is -0.497 e. The normalized spacial score (nSPS) is 21.9. The Morgan fingerprint density at radius 2 is 1.80 bits per heavy atom. The third-order valence-electron chi connectivity index (χ3n) is 8.37. The van der Waals surface area contributed by atoms with Crippen LogP contribution in [0.3, 0.4) is 0 Å². The molecular formula is C34H34BrNO5. The van der Waals surface area contributed by atoms with Crippen molar-refractivity contribution < 1.29 is 23.9 Å². The zero-order valence-corrected chi connectivity index (χ0v) is 24.9. The number of ketones is 1. The van der Waals surface area contributed by atoms with E-state index in [4.69, 9.17) is 9.47 Å². The highest BCUT2D eigenvalue weighted by molar-refractivity contribution is 9.10. The number of fused-ring (bicyclic) bond motifs is 1. The van der Waals surface area contributed by atoms with Crippen LogP contribution in [0.15, 0.2) is 89.4 Å². The lowest BCUT2D eigenvalue weighted by atomic mass is 9.62. The predicted octanol–water partition coefficient (Wildman–Crippen LogP) is 6.35. The summed E-state index contributed by atoms with van der Waals surface area (Å²) in [5.74, 6) is -0.382. The van der Waals surface area contributed by atoms with E-state index >= 15 is 0 Å². The standard InChI is InChI=1S/C34H34BrNO5/c1-3-41-31(37)18-17-30-29(16-11-23-7-5-4-6-8-23)34(20-19-25-12-13-26(35)21-28(25)32(34)38)33(39)36(30)22-24-9-14-27(40-2)15-10-24/h4-10,12-15,17-18,21,29-30H,3,11,16,19-20,22H2,1-2H3/b18-17+/t29-,30-,34-/m1/s1. The van der Waals surface area contributed by atoms with Crippen molar-refractivity contribution in [1.82, 2.24) is 4.90 Å². The number of hydrogen-bond acceptors (Lipinski definition) is 5. The van der Waals surface area contributed by atoms with Crippen molar-refractivity contribution in [2.75, 3.05) is 13.7 Å². The third-order valence-corrected chi connectivity index (χ3v) is 8.87. The number of Topliss-reactive ketones (excluding diaryl/α,β-unsaturated/α-hetero) is 1. The molecule has 5 rings (SSSR count). The van der Waals surface area contributed by atoms with Crippen LogP contribution in [0.5, 0.6) is 5.75 Å². The number of carbonyl (C=O) groups excluding carboxylic acids is 3. The van der Waals surface area contributed by atoms with Gasteiger partial charge < -0.3 is 14.4 Å². The number of benzene rings is 3. The number of hydrogen-bond donors (Lipinski definition) is 0. The van der Waals surface area contributed by atoms with E-state index in [1.165, 1.54) is 6.08 Å². The molecule has 1 amide bonds. The molecule has 1 fully saturated rings. The fraction of sp³-hybridized carbons (Fsp3) is 0.324. The molecule has 1 aliphatic carbocycles. The minimum absolute atomic E-state index is 0.130. The summed E-state index contributed by atoms with van der Waals surface area (Å²) in [5, 5.41) is 0. The smallest absolute Gasteiger partial charge is 0.330 e. The highest BCUT2D eigenvalue weighted by atomic mass is 79.9. The molecule has 1 saturated heterocycles. The van der Waals surface area contributed by atoms with E-state index < -0.39 is 17.4 Å². The molecule has 0 aromatic heterocycles. The fourth-order valence-electron chi connectivity index (χ4n) is 6.37. The zero-order chi connectivity index (χ0) is 29.0. The van der Waals surface area contributed by atoms with Gasteiger partial charge in [0.1, 0.15) is 11.2 Å². The van der Waals surface area contributed by atoms with Crippen LogP contribution in [0.25, 0.3) is 0 Å². The Hall–Kier alpha value is -3.71. The van der Waals surface area contributed by atoms with Gasteiger partial charge in [-0.3, -0.25) is 9.59 Å². The SMILES string of the molecule is CCOC(=O)/C=C/[C@@H]1[C@@H](CCc2ccccc2)[C@@]2(CCc3ccc(Br)cc3C2=O)C(=O)N1Cc1ccc(OC)cc1. The summed E-state index contributed by atoms with van der Waals surface area (Å²) in [7, 11) is 1.61. The topological polar surface area (TPSA) is 72.9 Å². The number of aryl methyl sites for hydroxylation is 2. The number of halogens is 1. The second-order valence-electron chi connectivity index (χ2n) is 10.6. The van der Waals surface area contributed by atoms with Crippen LogP contribution in [-0.4, -0.2) is 42.3 Å². The first-order valence-electron chi connectivity index (χ1n) is 14.0. The van der Waals surface area contributed by atoms with E-state index in [9.17, 15) is 14.4 Å². The first kappa shape index (κ1) is 28.8. The van der Waals surface area contributed by atoms with Crippen molar-refractivity contribution in [2.45, 2.75) is 45.2 Å². The van der Waals surface area contributed by atoms with Gasteiger partial charge in [0, 0.05) is 28.6 Å². The Morgan fingerprint density at radius 1 is 1.05 bits per heavy atom. The van der Waals surface area contributed by atoms with Gasteiger partial charge in [0.05, 0.1) is 19.8 Å². The number of nitrogens with zero attached hydrogens (tertiary/aromatic N) is 1. The number of methoxy groups -OCH3 is 1. The summed E-state index contributed by atoms with van der Waals surface area (Å²) in [5.41, 5.74) is 2.40. The molecule has 212 valence electrons. The van der Waals surface area contributed by atoms with E-state index in [1.54, 1.807) is 25.0 Å². The molecule has 6 nitrogen and oxygen atoms in total. The average molecular weight is 617 g/mol. The van der Waals surface area contributed by atoms with Gasteiger partial charge in [0.15, 0.2) is 5.78 Å². The Bertz CT molecular complexity index is 1450. The lowest BCUT2D eigenvalue weighted by Gasteiger charge is -2.36. The summed E-state index contributed by atoms with van der Waals surface area (Å²) in [6.45, 7) is 2.32. The van der Waals surface area contributed by atoms with Crippen LogP contribution < -0.4 is 4.74 Å². The van der Waals surface area contributed by atoms with Crippen molar-refractivity contribution in [2.24, 2.45) is 11.3 Å². The molecule has 3 aromatic rings. The Morgan fingerprint density at radius 3 is 2.51 bits per heavy atom. The molecule has 0 N–H and O–H groups in total. The highest BCUT2D eigenvalue weighted by Crippen LogP contribution is 2.52. The van der Waals surface area contributed by atoms with Crippen LogP contribution in [0.1, 0.15) is 46.8 Å². The molecule has 1 spiro atoms. The monoisotopic (exact) mass is 615 g/mol. The second kappa shape index (κ2) is 12.4. The molecule has 0 bridgehead atoms. The molecule has 7 heteroatoms. The van der Waals surface area contributed by atoms with Crippen molar-refractivity contribution in [3.05, 3.63) is 112 Å². The predicted molar refractivity (Wildman–Crippen MR) is 161 cm³/mol. The molecule has 3 atom stereocenters. The van der Waals surface area contributed by atoms with Gasteiger partial charge in [-0.05, 0) is 73.6 Å². The summed E-state index contributed by atoms with van der Waals surface area (Å²) < 4.78 is 11.3. The van der Waals surface area contributed by atoms with Gasteiger partial charge in [0.2, 0.25) is 5.91 Å². The van der Waals surface area contributed by atoms with Gasteiger partial charge in [-0.2, -0.15) is 0 Å². The van der Waals surface area contributed by atoms with Crippen LogP contribution in [-0.2, 0) is 33.7 Å². The van der Waals surface area contributed by atoms with Crippen molar-refractivity contribution in [1.29, 1.82) is 0 Å². The summed E-state index contributed by atoms with van der Waals surface area (Å²) in [6, 6.07) is 23.0. The van der Waals surface area contributed by atoms with Crippen LogP contribution >= 0.6 is 15.9 Å². The largest absolute Gasteiger partial charge is 0.497 e. The number of amides is 1. The quantitative estimate of drug-likeness (QED) is 0.159. The van der Waals surface area contributed by atoms with Crippen molar-refractivity contribution >= 4 is 33.6 Å². The van der Waals surface area contributed by atoms with Crippen LogP contribution in [0, 0.1) is 11.3 Å². The molecule has 1 heterocycles. The molecule has 0 saturated carbocycles. The van der Waals surface area contributed by atoms with Gasteiger partial charge >= 0.3 is 5.97 Å². The Kier molecular flexibility index (Phi) is 8.74. The van der Waals surface area contributed by atoms with Crippen LogP contribution in [0.4, 0.5) is 0 Å². The maximum atomic E-state index is 14.6. The summed E-state index contributed by atoms with van der Waals surface area (Å²) >= 11 is 3.52. The van der Waals surface area contributed by atoms with Gasteiger partial charge in [0.25, 0.3) is 0 Å². The average Bonchev–Trinajstić information content (AvgIpc) is 3.20. The first-order valence-corrected chi connectivity index (χ1v) is 14.8. The molecule has 2 aliphatic rings. The maximum absolute atomic E-state index is 14.6. The van der Waals surface area contributed by atoms with Crippen molar-refractivity contribution in [3.8, 4) is 5.75 Å². The number of esters is 1. The number of rotatable bonds is 9. The lowest BCUT2D eigenvalue weighted by molar-refractivity contribution is -0.138. The molecular weight excluding hydrogens is 582 g/mol. The van der Waals surface area contributed by atoms with E-state index in [1.807, 2.05) is 60.7 Å². The molecule has 0 unspecified atom stereocenters. The fourth-order valence-corrected chi connectivity index (χ4v) is 6.74. The summed E-state index contributed by atoms with van der Waals surface area (Å²) in [4.78, 5) is 43.4. The first-order chi connectivity index (χ1) is 19.9. The van der Waals surface area contributed by atoms with Crippen LogP contribution in [0.2, 0.25) is 0 Å². The number of likely N-dealkylation sites (tertiary alicyclic amines) is 1. The Balaban J connectivity index is 1.60. The lowest BCUT2D eigenvalue weighted by Crippen LogP contribution is -2.46. The molecule has 41 heavy (non-hydrogen) atoms. The molecule has 3 aromatic carbocycles. The third kappa shape index (κ3) is 5.73. The minimum atomic E-state index is -1.22. The molecule has 0 radical (unpaired) electrons. The van der Waals surface area contributed by atoms with E-state index in [0.29, 0.717) is 37.8 Å². The van der Waals surface area contributed by atoms with Crippen molar-refractivity contribution in [3.63, 3.8) is 0 Å².